The molecule has 0 aliphatic rings. The number of imidazole rings is 1. The van der Waals surface area contributed by atoms with Crippen molar-refractivity contribution in [3.8, 4) is 0 Å². The van der Waals surface area contributed by atoms with E-state index in [1.54, 1.807) is 13.2 Å². The molecule has 0 saturated heterocycles. The van der Waals surface area contributed by atoms with Gasteiger partial charge in [-0.15, -0.1) is 0 Å². The lowest BCUT2D eigenvalue weighted by Crippen LogP contribution is -2.37. The van der Waals surface area contributed by atoms with Gasteiger partial charge in [0, 0.05) is 39.1 Å². The zero-order valence-electron chi connectivity index (χ0n) is 15.3. The predicted octanol–water partition coefficient (Wildman–Crippen LogP) is 3.49. The average Bonchev–Trinajstić information content (AvgIpc) is 3.02. The molecule has 0 saturated carbocycles. The van der Waals surface area contributed by atoms with Crippen molar-refractivity contribution >= 4 is 5.96 Å². The molecule has 5 nitrogen and oxygen atoms in total. The highest BCUT2D eigenvalue weighted by molar-refractivity contribution is 5.79. The molecule has 9 heteroatoms. The molecule has 1 aromatic carbocycles. The first-order valence-corrected chi connectivity index (χ1v) is 8.59. The summed E-state index contributed by atoms with van der Waals surface area (Å²) in [5.74, 6) is 0.438. The number of benzene rings is 1. The summed E-state index contributed by atoms with van der Waals surface area (Å²) in [7, 11) is 1.54. The monoisotopic (exact) mass is 385 g/mol. The number of rotatable bonds is 7. The molecular weight excluding hydrogens is 362 g/mol. The van der Waals surface area contributed by atoms with Gasteiger partial charge in [-0.1, -0.05) is 6.07 Å². The molecule has 0 unspecified atom stereocenters. The molecule has 0 spiro atoms. The first-order chi connectivity index (χ1) is 12.8. The number of hydrogen-bond donors (Lipinski definition) is 2. The van der Waals surface area contributed by atoms with Crippen LogP contribution in [0, 0.1) is 12.7 Å². The highest BCUT2D eigenvalue weighted by Gasteiger charge is 2.33. The standard InChI is InChI=1S/C18H23F4N5/c1-13-24-8-10-27(13)9-4-3-7-25-17(23-2)26-12-14-5-6-15(19)11-16(14)18(20,21)22/h5-6,8,10-11H,3-4,7,9,12H2,1-2H3,(H2,23,25,26). The third kappa shape index (κ3) is 6.26. The minimum absolute atomic E-state index is 0.0394. The van der Waals surface area contributed by atoms with Gasteiger partial charge in [-0.3, -0.25) is 4.99 Å². The van der Waals surface area contributed by atoms with Gasteiger partial charge < -0.3 is 15.2 Å². The molecule has 2 N–H and O–H groups in total. The van der Waals surface area contributed by atoms with Crippen molar-refractivity contribution in [2.45, 2.75) is 39.0 Å². The lowest BCUT2D eigenvalue weighted by atomic mass is 10.1. The van der Waals surface area contributed by atoms with Gasteiger partial charge in [0.15, 0.2) is 5.96 Å². The molecule has 2 aromatic rings. The van der Waals surface area contributed by atoms with Crippen molar-refractivity contribution in [3.05, 3.63) is 53.4 Å². The van der Waals surface area contributed by atoms with E-state index < -0.39 is 17.6 Å². The number of hydrogen-bond acceptors (Lipinski definition) is 2. The number of aliphatic imine (C=N–C) groups is 1. The Morgan fingerprint density at radius 1 is 1.22 bits per heavy atom. The minimum Gasteiger partial charge on any atom is -0.356 e. The number of nitrogens with one attached hydrogen (secondary N) is 2. The van der Waals surface area contributed by atoms with Gasteiger partial charge in [-0.25, -0.2) is 9.37 Å². The zero-order chi connectivity index (χ0) is 19.9. The number of alkyl halides is 3. The van der Waals surface area contributed by atoms with Crippen LogP contribution < -0.4 is 10.6 Å². The molecule has 1 heterocycles. The van der Waals surface area contributed by atoms with E-state index in [9.17, 15) is 17.6 Å². The zero-order valence-corrected chi connectivity index (χ0v) is 15.3. The van der Waals surface area contributed by atoms with E-state index in [-0.39, 0.29) is 12.1 Å². The van der Waals surface area contributed by atoms with E-state index in [4.69, 9.17) is 0 Å². The molecule has 0 atom stereocenters. The van der Waals surface area contributed by atoms with Crippen molar-refractivity contribution < 1.29 is 17.6 Å². The van der Waals surface area contributed by atoms with Crippen molar-refractivity contribution in [2.75, 3.05) is 13.6 Å². The number of aryl methyl sites for hydroxylation is 2. The summed E-state index contributed by atoms with van der Waals surface area (Å²) in [5.41, 5.74) is -1.02. The van der Waals surface area contributed by atoms with Crippen LogP contribution in [0.2, 0.25) is 0 Å². The van der Waals surface area contributed by atoms with Gasteiger partial charge >= 0.3 is 6.18 Å². The first kappa shape index (κ1) is 20.7. The smallest absolute Gasteiger partial charge is 0.356 e. The van der Waals surface area contributed by atoms with Gasteiger partial charge in [0.05, 0.1) is 5.56 Å². The molecule has 1 aromatic heterocycles. The second kappa shape index (κ2) is 9.38. The van der Waals surface area contributed by atoms with Crippen LogP contribution in [0.25, 0.3) is 0 Å². The van der Waals surface area contributed by atoms with Crippen LogP contribution in [0.4, 0.5) is 17.6 Å². The summed E-state index contributed by atoms with van der Waals surface area (Å²) in [6, 6.07) is 2.65. The van der Waals surface area contributed by atoms with Gasteiger partial charge in [0.25, 0.3) is 0 Å². The van der Waals surface area contributed by atoms with Crippen LogP contribution in [0.3, 0.4) is 0 Å². The molecule has 0 fully saturated rings. The van der Waals surface area contributed by atoms with E-state index in [1.165, 1.54) is 0 Å². The molecule has 0 aliphatic carbocycles. The van der Waals surface area contributed by atoms with Crippen molar-refractivity contribution in [2.24, 2.45) is 4.99 Å². The largest absolute Gasteiger partial charge is 0.416 e. The maximum absolute atomic E-state index is 13.1. The summed E-state index contributed by atoms with van der Waals surface area (Å²) < 4.78 is 54.3. The van der Waals surface area contributed by atoms with Crippen LogP contribution in [-0.2, 0) is 19.3 Å². The maximum Gasteiger partial charge on any atom is 0.416 e. The molecule has 2 rings (SSSR count). The van der Waals surface area contributed by atoms with Crippen LogP contribution >= 0.6 is 0 Å². The summed E-state index contributed by atoms with van der Waals surface area (Å²) in [4.78, 5) is 8.15. The number of nitrogens with zero attached hydrogens (tertiary/aromatic N) is 3. The first-order valence-electron chi connectivity index (χ1n) is 8.59. The van der Waals surface area contributed by atoms with E-state index in [1.807, 2.05) is 13.1 Å². The van der Waals surface area contributed by atoms with Crippen LogP contribution in [0.1, 0.15) is 29.8 Å². The molecular formula is C18H23F4N5. The quantitative estimate of drug-likeness (QED) is 0.332. The van der Waals surface area contributed by atoms with E-state index in [2.05, 4.69) is 25.2 Å². The Kier molecular flexibility index (Phi) is 7.20. The molecule has 0 aliphatic heterocycles. The Bertz CT molecular complexity index is 767. The molecule has 0 amide bonds. The topological polar surface area (TPSA) is 54.2 Å². The van der Waals surface area contributed by atoms with Crippen molar-refractivity contribution in [3.63, 3.8) is 0 Å². The van der Waals surface area contributed by atoms with Crippen LogP contribution in [-0.4, -0.2) is 29.1 Å². The number of aromatic nitrogens is 2. The lowest BCUT2D eigenvalue weighted by Gasteiger charge is -2.16. The highest BCUT2D eigenvalue weighted by atomic mass is 19.4. The van der Waals surface area contributed by atoms with E-state index >= 15 is 0 Å². The second-order valence-electron chi connectivity index (χ2n) is 6.03. The van der Waals surface area contributed by atoms with Crippen LogP contribution in [0.5, 0.6) is 0 Å². The average molecular weight is 385 g/mol. The lowest BCUT2D eigenvalue weighted by molar-refractivity contribution is -0.138. The molecule has 0 bridgehead atoms. The van der Waals surface area contributed by atoms with Gasteiger partial charge in [-0.2, -0.15) is 13.2 Å². The normalized spacial score (nSPS) is 12.3. The van der Waals surface area contributed by atoms with E-state index in [0.29, 0.717) is 18.6 Å². The summed E-state index contributed by atoms with van der Waals surface area (Å²) in [5, 5.41) is 5.90. The van der Waals surface area contributed by atoms with E-state index in [0.717, 1.165) is 37.3 Å². The fourth-order valence-electron chi connectivity index (χ4n) is 2.62. The maximum atomic E-state index is 13.1. The van der Waals surface area contributed by atoms with Gasteiger partial charge in [0.1, 0.15) is 11.6 Å². The fourth-order valence-corrected chi connectivity index (χ4v) is 2.62. The van der Waals surface area contributed by atoms with Crippen LogP contribution in [0.15, 0.2) is 35.6 Å². The third-order valence-corrected chi connectivity index (χ3v) is 4.09. The Morgan fingerprint density at radius 2 is 2.00 bits per heavy atom. The number of unbranched alkanes of at least 4 members (excludes halogenated alkanes) is 1. The van der Waals surface area contributed by atoms with Gasteiger partial charge in [0.2, 0.25) is 0 Å². The summed E-state index contributed by atoms with van der Waals surface area (Å²) >= 11 is 0. The Hall–Kier alpha value is -2.58. The fraction of sp³-hybridized carbons (Fsp3) is 0.444. The Morgan fingerprint density at radius 3 is 2.63 bits per heavy atom. The van der Waals surface area contributed by atoms with Crippen molar-refractivity contribution in [1.29, 1.82) is 0 Å². The Labute approximate surface area is 155 Å². The minimum atomic E-state index is -4.61. The SMILES string of the molecule is CN=C(NCCCCn1ccnc1C)NCc1ccc(F)cc1C(F)(F)F. The molecule has 0 radical (unpaired) electrons. The Balaban J connectivity index is 1.80. The molecule has 27 heavy (non-hydrogen) atoms. The van der Waals surface area contributed by atoms with Gasteiger partial charge in [-0.05, 0) is 37.5 Å². The number of guanidine groups is 1. The summed E-state index contributed by atoms with van der Waals surface area (Å²) in [6.07, 6.45) is 0.857. The predicted molar refractivity (Wildman–Crippen MR) is 95.8 cm³/mol. The number of halogens is 4. The van der Waals surface area contributed by atoms with Crippen molar-refractivity contribution in [1.82, 2.24) is 20.2 Å². The molecule has 148 valence electrons. The highest BCUT2D eigenvalue weighted by Crippen LogP contribution is 2.32. The second-order valence-corrected chi connectivity index (χ2v) is 6.03. The summed E-state index contributed by atoms with van der Waals surface area (Å²) in [6.45, 7) is 3.31. The third-order valence-electron chi connectivity index (χ3n) is 4.09.